The van der Waals surface area contributed by atoms with Crippen LogP contribution in [-0.4, -0.2) is 17.8 Å². The lowest BCUT2D eigenvalue weighted by Gasteiger charge is -2.35. The second-order valence-electron chi connectivity index (χ2n) is 6.46. The fourth-order valence-corrected chi connectivity index (χ4v) is 4.39. The van der Waals surface area contributed by atoms with Gasteiger partial charge >= 0.3 is 0 Å². The molecule has 4 rings (SSSR count). The Hall–Kier alpha value is -1.55. The zero-order chi connectivity index (χ0) is 15.9. The van der Waals surface area contributed by atoms with Crippen molar-refractivity contribution in [2.45, 2.75) is 31.4 Å². The number of para-hydroxylation sites is 1. The summed E-state index contributed by atoms with van der Waals surface area (Å²) in [5, 5.41) is 12.9. The molecule has 0 unspecified atom stereocenters. The van der Waals surface area contributed by atoms with Crippen LogP contribution in [-0.2, 0) is 4.84 Å². The van der Waals surface area contributed by atoms with Crippen LogP contribution < -0.4 is 5.06 Å². The number of hydrogen-bond acceptors (Lipinski definition) is 3. The van der Waals surface area contributed by atoms with Gasteiger partial charge in [0.15, 0.2) is 0 Å². The van der Waals surface area contributed by atoms with Crippen LogP contribution in [0, 0.1) is 5.41 Å². The molecule has 0 spiro atoms. The fourth-order valence-electron chi connectivity index (χ4n) is 4.15. The molecule has 1 aliphatic carbocycles. The SMILES string of the molecule is OC[C@@]12CCC[C@@H]1ON(c1ccccc1)[C@@H]2c1ccccc1Cl. The van der Waals surface area contributed by atoms with E-state index in [0.29, 0.717) is 0 Å². The Balaban J connectivity index is 1.86. The van der Waals surface area contributed by atoms with Crippen molar-refractivity contribution >= 4 is 17.3 Å². The van der Waals surface area contributed by atoms with Crippen LogP contribution in [0.4, 0.5) is 5.69 Å². The molecule has 1 saturated heterocycles. The summed E-state index contributed by atoms with van der Waals surface area (Å²) >= 11 is 6.50. The summed E-state index contributed by atoms with van der Waals surface area (Å²) in [6.07, 6.45) is 3.04. The molecule has 0 amide bonds. The zero-order valence-corrected chi connectivity index (χ0v) is 13.6. The van der Waals surface area contributed by atoms with Crippen molar-refractivity contribution in [1.29, 1.82) is 0 Å². The maximum Gasteiger partial charge on any atom is 0.0959 e. The first kappa shape index (κ1) is 15.0. The molecule has 0 radical (unpaired) electrons. The number of nitrogens with zero attached hydrogens (tertiary/aromatic N) is 1. The molecule has 3 atom stereocenters. The Morgan fingerprint density at radius 2 is 1.87 bits per heavy atom. The summed E-state index contributed by atoms with van der Waals surface area (Å²) in [4.78, 5) is 6.30. The van der Waals surface area contributed by atoms with Crippen molar-refractivity contribution in [3.63, 3.8) is 0 Å². The molecule has 3 nitrogen and oxygen atoms in total. The van der Waals surface area contributed by atoms with Gasteiger partial charge in [-0.2, -0.15) is 0 Å². The van der Waals surface area contributed by atoms with E-state index in [0.717, 1.165) is 35.5 Å². The third-order valence-corrected chi connectivity index (χ3v) is 5.62. The largest absolute Gasteiger partial charge is 0.396 e. The van der Waals surface area contributed by atoms with Crippen LogP contribution in [0.1, 0.15) is 30.9 Å². The first-order valence-electron chi connectivity index (χ1n) is 8.12. The molecular formula is C19H20ClNO2. The number of benzene rings is 2. The van der Waals surface area contributed by atoms with E-state index in [9.17, 15) is 5.11 Å². The van der Waals surface area contributed by atoms with Crippen LogP contribution in [0.25, 0.3) is 0 Å². The fraction of sp³-hybridized carbons (Fsp3) is 0.368. The van der Waals surface area contributed by atoms with E-state index in [1.54, 1.807) is 0 Å². The number of rotatable bonds is 3. The van der Waals surface area contributed by atoms with E-state index < -0.39 is 0 Å². The zero-order valence-electron chi connectivity index (χ0n) is 12.9. The van der Waals surface area contributed by atoms with Crippen LogP contribution in [0.5, 0.6) is 0 Å². The normalized spacial score (nSPS) is 29.7. The Morgan fingerprint density at radius 3 is 2.61 bits per heavy atom. The summed E-state index contributed by atoms with van der Waals surface area (Å²) in [6, 6.07) is 17.9. The van der Waals surface area contributed by atoms with E-state index in [4.69, 9.17) is 16.4 Å². The van der Waals surface area contributed by atoms with Gasteiger partial charge in [-0.15, -0.1) is 0 Å². The van der Waals surface area contributed by atoms with Crippen LogP contribution in [0.15, 0.2) is 54.6 Å². The number of anilines is 1. The van der Waals surface area contributed by atoms with Crippen LogP contribution in [0.3, 0.4) is 0 Å². The summed E-state index contributed by atoms with van der Waals surface area (Å²) < 4.78 is 0. The number of fused-ring (bicyclic) bond motifs is 1. The summed E-state index contributed by atoms with van der Waals surface area (Å²) in [6.45, 7) is 0.108. The van der Waals surface area contributed by atoms with Crippen LogP contribution >= 0.6 is 11.6 Å². The van der Waals surface area contributed by atoms with Gasteiger partial charge < -0.3 is 5.11 Å². The van der Waals surface area contributed by atoms with Crippen molar-refractivity contribution in [2.75, 3.05) is 11.7 Å². The molecule has 2 aromatic rings. The molecule has 1 saturated carbocycles. The predicted octanol–water partition coefficient (Wildman–Crippen LogP) is 4.36. The van der Waals surface area contributed by atoms with Gasteiger partial charge in [-0.3, -0.25) is 4.84 Å². The first-order valence-corrected chi connectivity index (χ1v) is 8.50. The number of hydroxylamine groups is 1. The summed E-state index contributed by atoms with van der Waals surface area (Å²) in [7, 11) is 0. The molecular weight excluding hydrogens is 310 g/mol. The molecule has 1 heterocycles. The van der Waals surface area contributed by atoms with Crippen molar-refractivity contribution < 1.29 is 9.94 Å². The molecule has 23 heavy (non-hydrogen) atoms. The first-order chi connectivity index (χ1) is 11.3. The standard InChI is InChI=1S/C19H20ClNO2/c20-16-10-5-4-9-15(16)18-19(13-22)12-6-11-17(19)23-21(18)14-7-2-1-3-8-14/h1-5,7-10,17-18,22H,6,11-13H2/t17-,18+,19-/m0/s1. The molecule has 2 aromatic carbocycles. The van der Waals surface area contributed by atoms with Crippen molar-refractivity contribution in [2.24, 2.45) is 5.41 Å². The highest BCUT2D eigenvalue weighted by Gasteiger charge is 2.58. The second-order valence-corrected chi connectivity index (χ2v) is 6.87. The van der Waals surface area contributed by atoms with E-state index in [2.05, 4.69) is 0 Å². The maximum atomic E-state index is 10.3. The van der Waals surface area contributed by atoms with Gasteiger partial charge in [0, 0.05) is 10.4 Å². The minimum Gasteiger partial charge on any atom is -0.396 e. The molecule has 1 aliphatic heterocycles. The van der Waals surface area contributed by atoms with Gasteiger partial charge in [0.05, 0.1) is 24.4 Å². The van der Waals surface area contributed by atoms with Gasteiger partial charge in [-0.1, -0.05) is 48.0 Å². The number of hydrogen-bond donors (Lipinski definition) is 1. The average molecular weight is 330 g/mol. The van der Waals surface area contributed by atoms with Gasteiger partial charge in [0.1, 0.15) is 0 Å². The highest BCUT2D eigenvalue weighted by molar-refractivity contribution is 6.31. The smallest absolute Gasteiger partial charge is 0.0959 e. The van der Waals surface area contributed by atoms with Crippen LogP contribution in [0.2, 0.25) is 5.02 Å². The Morgan fingerprint density at radius 1 is 1.13 bits per heavy atom. The van der Waals surface area contributed by atoms with E-state index in [1.165, 1.54) is 0 Å². The predicted molar refractivity (Wildman–Crippen MR) is 91.4 cm³/mol. The molecule has 4 heteroatoms. The second kappa shape index (κ2) is 5.82. The number of aliphatic hydroxyl groups is 1. The maximum absolute atomic E-state index is 10.3. The highest BCUT2D eigenvalue weighted by Crippen LogP contribution is 2.58. The van der Waals surface area contributed by atoms with E-state index in [-0.39, 0.29) is 24.2 Å². The van der Waals surface area contributed by atoms with Crippen molar-refractivity contribution in [3.05, 3.63) is 65.2 Å². The Kier molecular flexibility index (Phi) is 3.80. The molecule has 2 fully saturated rings. The third-order valence-electron chi connectivity index (χ3n) is 5.27. The number of halogens is 1. The van der Waals surface area contributed by atoms with Gasteiger partial charge in [-0.05, 0) is 43.0 Å². The van der Waals surface area contributed by atoms with Gasteiger partial charge in [0.2, 0.25) is 0 Å². The summed E-state index contributed by atoms with van der Waals surface area (Å²) in [5.41, 5.74) is 1.73. The molecule has 0 bridgehead atoms. The van der Waals surface area contributed by atoms with Gasteiger partial charge in [0.25, 0.3) is 0 Å². The molecule has 2 aliphatic rings. The third kappa shape index (κ3) is 2.26. The lowest BCUT2D eigenvalue weighted by Crippen LogP contribution is -2.37. The topological polar surface area (TPSA) is 32.7 Å². The molecule has 0 aromatic heterocycles. The molecule has 120 valence electrons. The van der Waals surface area contributed by atoms with Crippen molar-refractivity contribution in [1.82, 2.24) is 0 Å². The lowest BCUT2D eigenvalue weighted by atomic mass is 9.75. The Labute approximate surface area is 141 Å². The monoisotopic (exact) mass is 329 g/mol. The minimum absolute atomic E-state index is 0.0361. The lowest BCUT2D eigenvalue weighted by molar-refractivity contribution is 0.0280. The van der Waals surface area contributed by atoms with E-state index >= 15 is 0 Å². The van der Waals surface area contributed by atoms with Crippen molar-refractivity contribution in [3.8, 4) is 0 Å². The molecule has 1 N–H and O–H groups in total. The number of aliphatic hydroxyl groups excluding tert-OH is 1. The average Bonchev–Trinajstić information content (AvgIpc) is 3.13. The quantitative estimate of drug-likeness (QED) is 0.908. The Bertz CT molecular complexity index is 693. The highest BCUT2D eigenvalue weighted by atomic mass is 35.5. The minimum atomic E-state index is -0.291. The summed E-state index contributed by atoms with van der Waals surface area (Å²) in [5.74, 6) is 0. The van der Waals surface area contributed by atoms with E-state index in [1.807, 2.05) is 59.7 Å². The van der Waals surface area contributed by atoms with Gasteiger partial charge in [-0.25, -0.2) is 5.06 Å².